The van der Waals surface area contributed by atoms with Crippen LogP contribution in [0.1, 0.15) is 48.4 Å². The van der Waals surface area contributed by atoms with Crippen molar-refractivity contribution in [2.45, 2.75) is 51.4 Å². The molecule has 1 saturated heterocycles. The molecule has 156 valence electrons. The smallest absolute Gasteiger partial charge is 0.143 e. The Morgan fingerprint density at radius 2 is 1.77 bits per heavy atom. The average molecular weight is 402 g/mol. The molecule has 3 aromatic rings. The molecule has 0 saturated carbocycles. The van der Waals surface area contributed by atoms with Crippen molar-refractivity contribution in [3.8, 4) is 11.3 Å². The van der Waals surface area contributed by atoms with E-state index in [4.69, 9.17) is 9.72 Å². The van der Waals surface area contributed by atoms with E-state index < -0.39 is 0 Å². The maximum absolute atomic E-state index is 6.79. The van der Waals surface area contributed by atoms with Crippen LogP contribution in [0.25, 0.3) is 11.3 Å². The van der Waals surface area contributed by atoms with Gasteiger partial charge in [-0.15, -0.1) is 0 Å². The maximum Gasteiger partial charge on any atom is 0.143 e. The molecule has 1 unspecified atom stereocenters. The van der Waals surface area contributed by atoms with Gasteiger partial charge in [-0.1, -0.05) is 55.5 Å². The van der Waals surface area contributed by atoms with Gasteiger partial charge in [0, 0.05) is 31.4 Å². The van der Waals surface area contributed by atoms with Gasteiger partial charge in [-0.05, 0) is 49.4 Å². The van der Waals surface area contributed by atoms with Crippen LogP contribution in [0.3, 0.4) is 0 Å². The van der Waals surface area contributed by atoms with Crippen LogP contribution in [0.5, 0.6) is 0 Å². The molecule has 3 heterocycles. The lowest BCUT2D eigenvalue weighted by Crippen LogP contribution is -2.35. The Labute approximate surface area is 179 Å². The highest BCUT2D eigenvalue weighted by atomic mass is 16.5. The molecule has 4 heteroatoms. The number of likely N-dealkylation sites (tertiary alicyclic amines) is 1. The molecule has 0 N–H and O–H groups in total. The molecule has 1 aromatic heterocycles. The van der Waals surface area contributed by atoms with E-state index in [2.05, 4.69) is 78.2 Å². The number of nitrogens with zero attached hydrogens (tertiary/aromatic N) is 3. The van der Waals surface area contributed by atoms with E-state index in [1.807, 2.05) is 0 Å². The minimum absolute atomic E-state index is 0.0965. The average Bonchev–Trinajstić information content (AvgIpc) is 3.16. The van der Waals surface area contributed by atoms with E-state index in [0.717, 1.165) is 56.8 Å². The first-order valence-corrected chi connectivity index (χ1v) is 11.3. The zero-order chi connectivity index (χ0) is 20.5. The molecule has 0 aliphatic carbocycles. The van der Waals surface area contributed by atoms with E-state index >= 15 is 0 Å². The van der Waals surface area contributed by atoms with Gasteiger partial charge < -0.3 is 14.2 Å². The van der Waals surface area contributed by atoms with Gasteiger partial charge in [0.15, 0.2) is 0 Å². The van der Waals surface area contributed by atoms with Gasteiger partial charge in [0.1, 0.15) is 11.9 Å². The normalized spacial score (nSPS) is 19.9. The van der Waals surface area contributed by atoms with Gasteiger partial charge in [-0.3, -0.25) is 0 Å². The number of aromatic nitrogens is 2. The Hall–Kier alpha value is -2.43. The molecule has 0 amide bonds. The Morgan fingerprint density at radius 1 is 1.00 bits per heavy atom. The fourth-order valence-corrected chi connectivity index (χ4v) is 4.71. The maximum atomic E-state index is 6.79. The zero-order valence-electron chi connectivity index (χ0n) is 18.1. The SMILES string of the molecule is CCc1ccc(-c2cn3c(n2)C(OC2CCN(C)CC2)c2ccccc2CC3)cc1. The Morgan fingerprint density at radius 3 is 2.53 bits per heavy atom. The number of fused-ring (bicyclic) bond motifs is 2. The summed E-state index contributed by atoms with van der Waals surface area (Å²) in [6, 6.07) is 17.6. The molecule has 0 radical (unpaired) electrons. The molecular weight excluding hydrogens is 370 g/mol. The van der Waals surface area contributed by atoms with E-state index in [9.17, 15) is 0 Å². The monoisotopic (exact) mass is 401 g/mol. The Balaban J connectivity index is 1.51. The van der Waals surface area contributed by atoms with E-state index in [-0.39, 0.29) is 12.2 Å². The first kappa shape index (κ1) is 19.5. The highest BCUT2D eigenvalue weighted by Crippen LogP contribution is 2.35. The predicted octanol–water partition coefficient (Wildman–Crippen LogP) is 4.87. The number of hydrogen-bond donors (Lipinski definition) is 0. The number of rotatable bonds is 4. The number of benzene rings is 2. The third kappa shape index (κ3) is 3.82. The van der Waals surface area contributed by atoms with Crippen molar-refractivity contribution in [3.05, 3.63) is 77.2 Å². The van der Waals surface area contributed by atoms with Crippen molar-refractivity contribution in [2.24, 2.45) is 0 Å². The summed E-state index contributed by atoms with van der Waals surface area (Å²) in [4.78, 5) is 7.51. The summed E-state index contributed by atoms with van der Waals surface area (Å²) in [7, 11) is 2.19. The number of aryl methyl sites for hydroxylation is 3. The fourth-order valence-electron chi connectivity index (χ4n) is 4.71. The molecule has 1 fully saturated rings. The van der Waals surface area contributed by atoms with Crippen molar-refractivity contribution in [2.75, 3.05) is 20.1 Å². The quantitative estimate of drug-likeness (QED) is 0.625. The summed E-state index contributed by atoms with van der Waals surface area (Å²) in [5, 5.41) is 0. The standard InChI is InChI=1S/C26H31N3O/c1-3-19-8-10-21(11-9-19)24-18-29-17-12-20-6-4-5-7-23(20)25(26(29)27-24)30-22-13-15-28(2)16-14-22/h4-11,18,22,25H,3,12-17H2,1-2H3. The first-order chi connectivity index (χ1) is 14.7. The van der Waals surface area contributed by atoms with Crippen LogP contribution in [0.4, 0.5) is 0 Å². The third-order valence-electron chi connectivity index (χ3n) is 6.65. The minimum atomic E-state index is -0.0965. The van der Waals surface area contributed by atoms with Gasteiger partial charge in [0.05, 0.1) is 11.8 Å². The summed E-state index contributed by atoms with van der Waals surface area (Å²) >= 11 is 0. The third-order valence-corrected chi connectivity index (χ3v) is 6.65. The first-order valence-electron chi connectivity index (χ1n) is 11.3. The molecule has 0 spiro atoms. The molecular formula is C26H31N3O. The van der Waals surface area contributed by atoms with Crippen molar-refractivity contribution in [3.63, 3.8) is 0 Å². The fraction of sp³-hybridized carbons (Fsp3) is 0.423. The van der Waals surface area contributed by atoms with Crippen LogP contribution >= 0.6 is 0 Å². The predicted molar refractivity (Wildman–Crippen MR) is 121 cm³/mol. The summed E-state index contributed by atoms with van der Waals surface area (Å²) in [6.45, 7) is 5.33. The van der Waals surface area contributed by atoms with Crippen molar-refractivity contribution >= 4 is 0 Å². The molecule has 2 aromatic carbocycles. The molecule has 1 atom stereocenters. The second kappa shape index (κ2) is 8.37. The lowest BCUT2D eigenvalue weighted by atomic mass is 10.00. The van der Waals surface area contributed by atoms with Crippen molar-refractivity contribution < 1.29 is 4.74 Å². The van der Waals surface area contributed by atoms with Gasteiger partial charge in [0.25, 0.3) is 0 Å². The van der Waals surface area contributed by atoms with Crippen molar-refractivity contribution in [1.29, 1.82) is 0 Å². The highest BCUT2D eigenvalue weighted by molar-refractivity contribution is 5.59. The molecule has 4 nitrogen and oxygen atoms in total. The number of hydrogen-bond acceptors (Lipinski definition) is 3. The lowest BCUT2D eigenvalue weighted by Gasteiger charge is -2.32. The Bertz CT molecular complexity index is 999. The van der Waals surface area contributed by atoms with Crippen LogP contribution in [0.2, 0.25) is 0 Å². The zero-order valence-corrected chi connectivity index (χ0v) is 18.1. The van der Waals surface area contributed by atoms with Crippen molar-refractivity contribution in [1.82, 2.24) is 14.5 Å². The minimum Gasteiger partial charge on any atom is -0.362 e. The van der Waals surface area contributed by atoms with E-state index in [1.54, 1.807) is 0 Å². The topological polar surface area (TPSA) is 30.3 Å². The Kier molecular flexibility index (Phi) is 5.45. The van der Waals surface area contributed by atoms with Gasteiger partial charge in [-0.25, -0.2) is 4.98 Å². The summed E-state index contributed by atoms with van der Waals surface area (Å²) < 4.78 is 9.11. The molecule has 2 aliphatic rings. The van der Waals surface area contributed by atoms with Crippen LogP contribution in [0, 0.1) is 0 Å². The summed E-state index contributed by atoms with van der Waals surface area (Å²) in [5.74, 6) is 1.05. The molecule has 5 rings (SSSR count). The van der Waals surface area contributed by atoms with Gasteiger partial charge in [-0.2, -0.15) is 0 Å². The number of ether oxygens (including phenoxy) is 1. The van der Waals surface area contributed by atoms with E-state index in [1.165, 1.54) is 22.3 Å². The van der Waals surface area contributed by atoms with Crippen LogP contribution < -0.4 is 0 Å². The number of imidazole rings is 1. The van der Waals surface area contributed by atoms with Gasteiger partial charge >= 0.3 is 0 Å². The molecule has 0 bridgehead atoms. The molecule has 30 heavy (non-hydrogen) atoms. The largest absolute Gasteiger partial charge is 0.362 e. The van der Waals surface area contributed by atoms with Gasteiger partial charge in [0.2, 0.25) is 0 Å². The van der Waals surface area contributed by atoms with Crippen LogP contribution in [-0.2, 0) is 24.1 Å². The van der Waals surface area contributed by atoms with Crippen LogP contribution in [-0.4, -0.2) is 40.7 Å². The second-order valence-corrected chi connectivity index (χ2v) is 8.70. The van der Waals surface area contributed by atoms with E-state index in [0.29, 0.717) is 0 Å². The van der Waals surface area contributed by atoms with Crippen LogP contribution in [0.15, 0.2) is 54.7 Å². The summed E-state index contributed by atoms with van der Waals surface area (Å²) in [6.07, 6.45) is 6.65. The second-order valence-electron chi connectivity index (χ2n) is 8.70. The highest BCUT2D eigenvalue weighted by Gasteiger charge is 2.30. The summed E-state index contributed by atoms with van der Waals surface area (Å²) in [5.41, 5.74) is 6.25. The molecule has 2 aliphatic heterocycles. The lowest BCUT2D eigenvalue weighted by molar-refractivity contribution is -0.0275. The number of piperidine rings is 1.